The van der Waals surface area contributed by atoms with Crippen LogP contribution in [0.25, 0.3) is 0 Å². The first-order valence-corrected chi connectivity index (χ1v) is 7.12. The van der Waals surface area contributed by atoms with Crippen LogP contribution in [-0.2, 0) is 11.2 Å². The third kappa shape index (κ3) is 3.35. The molecule has 0 amide bonds. The molecule has 3 heteroatoms. The van der Waals surface area contributed by atoms with Gasteiger partial charge in [0.05, 0.1) is 13.2 Å². The second kappa shape index (κ2) is 6.04. The lowest BCUT2D eigenvalue weighted by Gasteiger charge is -2.40. The van der Waals surface area contributed by atoms with Crippen LogP contribution in [-0.4, -0.2) is 32.8 Å². The van der Waals surface area contributed by atoms with Gasteiger partial charge in [-0.2, -0.15) is 0 Å². The molecule has 0 bridgehead atoms. The van der Waals surface area contributed by atoms with Gasteiger partial charge in [0.2, 0.25) is 0 Å². The second-order valence-corrected chi connectivity index (χ2v) is 6.00. The molecule has 1 aliphatic rings. The molecule has 1 heterocycles. The number of aryl methyl sites for hydroxylation is 3. The monoisotopic (exact) mass is 262 g/mol. The van der Waals surface area contributed by atoms with E-state index in [9.17, 15) is 0 Å². The Morgan fingerprint density at radius 2 is 1.84 bits per heavy atom. The average Bonchev–Trinajstić information content (AvgIpc) is 2.29. The second-order valence-electron chi connectivity index (χ2n) is 6.00. The van der Waals surface area contributed by atoms with Crippen molar-refractivity contribution >= 4 is 0 Å². The van der Waals surface area contributed by atoms with E-state index >= 15 is 0 Å². The number of nitrogens with two attached hydrogens (primary N) is 1. The van der Waals surface area contributed by atoms with E-state index in [0.717, 1.165) is 32.7 Å². The highest BCUT2D eigenvalue weighted by Crippen LogP contribution is 2.24. The Morgan fingerprint density at radius 3 is 2.32 bits per heavy atom. The van der Waals surface area contributed by atoms with E-state index in [-0.39, 0.29) is 5.41 Å². The summed E-state index contributed by atoms with van der Waals surface area (Å²) in [5.74, 6) is 0. The van der Waals surface area contributed by atoms with Gasteiger partial charge in [-0.15, -0.1) is 0 Å². The van der Waals surface area contributed by atoms with Gasteiger partial charge in [0.15, 0.2) is 0 Å². The fourth-order valence-electron chi connectivity index (χ4n) is 2.85. The summed E-state index contributed by atoms with van der Waals surface area (Å²) in [4.78, 5) is 0. The Bertz CT molecular complexity index is 410. The lowest BCUT2D eigenvalue weighted by atomic mass is 9.86. The van der Waals surface area contributed by atoms with Crippen molar-refractivity contribution in [2.24, 2.45) is 11.1 Å². The normalized spacial score (nSPS) is 17.3. The van der Waals surface area contributed by atoms with E-state index in [1.54, 1.807) is 0 Å². The number of hydrogen-bond donors (Lipinski definition) is 2. The summed E-state index contributed by atoms with van der Waals surface area (Å²) < 4.78 is 5.28. The fraction of sp³-hybridized carbons (Fsp3) is 0.625. The zero-order chi connectivity index (χ0) is 13.9. The first kappa shape index (κ1) is 14.5. The van der Waals surface area contributed by atoms with Crippen LogP contribution in [0, 0.1) is 26.2 Å². The van der Waals surface area contributed by atoms with Crippen LogP contribution < -0.4 is 11.1 Å². The molecule has 2 rings (SSSR count). The molecule has 1 aromatic rings. The molecule has 1 aliphatic heterocycles. The van der Waals surface area contributed by atoms with Crippen LogP contribution in [0.3, 0.4) is 0 Å². The van der Waals surface area contributed by atoms with Crippen molar-refractivity contribution in [3.8, 4) is 0 Å². The van der Waals surface area contributed by atoms with Gasteiger partial charge in [-0.3, -0.25) is 0 Å². The molecule has 0 aromatic heterocycles. The molecule has 0 aliphatic carbocycles. The van der Waals surface area contributed by atoms with Crippen LogP contribution in [0.2, 0.25) is 0 Å². The van der Waals surface area contributed by atoms with Gasteiger partial charge in [0, 0.05) is 18.5 Å². The van der Waals surface area contributed by atoms with E-state index in [4.69, 9.17) is 10.5 Å². The minimum Gasteiger partial charge on any atom is -0.380 e. The Balaban J connectivity index is 1.83. The summed E-state index contributed by atoms with van der Waals surface area (Å²) in [6, 6.07) is 4.53. The Hall–Kier alpha value is -0.900. The van der Waals surface area contributed by atoms with Crippen LogP contribution in [0.15, 0.2) is 12.1 Å². The zero-order valence-corrected chi connectivity index (χ0v) is 12.4. The van der Waals surface area contributed by atoms with Crippen LogP contribution in [0.5, 0.6) is 0 Å². The smallest absolute Gasteiger partial charge is 0.0569 e. The maximum absolute atomic E-state index is 5.81. The summed E-state index contributed by atoms with van der Waals surface area (Å²) in [5, 5.41) is 3.54. The Labute approximate surface area is 116 Å². The quantitative estimate of drug-likeness (QED) is 0.767. The summed E-state index contributed by atoms with van der Waals surface area (Å²) >= 11 is 0. The average molecular weight is 262 g/mol. The fourth-order valence-corrected chi connectivity index (χ4v) is 2.85. The summed E-state index contributed by atoms with van der Waals surface area (Å²) in [5.41, 5.74) is 11.6. The Kier molecular flexibility index (Phi) is 4.61. The molecule has 0 unspecified atom stereocenters. The number of hydrogen-bond acceptors (Lipinski definition) is 3. The predicted molar refractivity (Wildman–Crippen MR) is 79.5 cm³/mol. The molecular weight excluding hydrogens is 236 g/mol. The molecule has 19 heavy (non-hydrogen) atoms. The molecule has 0 radical (unpaired) electrons. The van der Waals surface area contributed by atoms with Gasteiger partial charge in [-0.25, -0.2) is 0 Å². The SMILES string of the molecule is Cc1cc(C)c(CCNCC2(CN)COC2)c(C)c1. The van der Waals surface area contributed by atoms with E-state index in [0.29, 0.717) is 6.54 Å². The number of rotatable bonds is 6. The largest absolute Gasteiger partial charge is 0.380 e. The molecule has 1 saturated heterocycles. The maximum atomic E-state index is 5.81. The molecule has 3 nitrogen and oxygen atoms in total. The van der Waals surface area contributed by atoms with Crippen molar-refractivity contribution in [1.29, 1.82) is 0 Å². The van der Waals surface area contributed by atoms with Gasteiger partial charge < -0.3 is 15.8 Å². The molecule has 3 N–H and O–H groups in total. The summed E-state index contributed by atoms with van der Waals surface area (Å²) in [6.45, 7) is 10.9. The lowest BCUT2D eigenvalue weighted by Crippen LogP contribution is -2.54. The van der Waals surface area contributed by atoms with E-state index < -0.39 is 0 Å². The van der Waals surface area contributed by atoms with E-state index in [2.05, 4.69) is 38.2 Å². The predicted octanol–water partition coefficient (Wildman–Crippen LogP) is 1.72. The molecule has 0 saturated carbocycles. The standard InChI is InChI=1S/C16H26N2O/c1-12-6-13(2)15(14(3)7-12)4-5-18-9-16(8-17)10-19-11-16/h6-7,18H,4-5,8-11,17H2,1-3H3. The zero-order valence-electron chi connectivity index (χ0n) is 12.4. The first-order chi connectivity index (χ1) is 9.06. The molecule has 1 fully saturated rings. The molecule has 1 aromatic carbocycles. The summed E-state index contributed by atoms with van der Waals surface area (Å²) in [6.07, 6.45) is 1.08. The number of nitrogens with one attached hydrogen (secondary N) is 1. The minimum atomic E-state index is 0.192. The Morgan fingerprint density at radius 1 is 1.21 bits per heavy atom. The van der Waals surface area contributed by atoms with Crippen molar-refractivity contribution in [3.05, 3.63) is 34.4 Å². The van der Waals surface area contributed by atoms with Crippen molar-refractivity contribution < 1.29 is 4.74 Å². The van der Waals surface area contributed by atoms with Gasteiger partial charge in [-0.05, 0) is 50.4 Å². The van der Waals surface area contributed by atoms with Crippen LogP contribution in [0.1, 0.15) is 22.3 Å². The first-order valence-electron chi connectivity index (χ1n) is 7.12. The highest BCUT2D eigenvalue weighted by molar-refractivity contribution is 5.37. The number of ether oxygens (including phenoxy) is 1. The van der Waals surface area contributed by atoms with E-state index in [1.807, 2.05) is 0 Å². The van der Waals surface area contributed by atoms with Gasteiger partial charge in [0.25, 0.3) is 0 Å². The third-order valence-corrected chi connectivity index (χ3v) is 4.14. The lowest BCUT2D eigenvalue weighted by molar-refractivity contribution is -0.104. The molecule has 106 valence electrons. The molecular formula is C16H26N2O. The van der Waals surface area contributed by atoms with Gasteiger partial charge >= 0.3 is 0 Å². The molecule has 0 atom stereocenters. The van der Waals surface area contributed by atoms with Crippen LogP contribution in [0.4, 0.5) is 0 Å². The maximum Gasteiger partial charge on any atom is 0.0569 e. The van der Waals surface area contributed by atoms with Crippen molar-refractivity contribution in [3.63, 3.8) is 0 Å². The van der Waals surface area contributed by atoms with Gasteiger partial charge in [-0.1, -0.05) is 17.7 Å². The number of benzene rings is 1. The van der Waals surface area contributed by atoms with Crippen molar-refractivity contribution in [1.82, 2.24) is 5.32 Å². The van der Waals surface area contributed by atoms with Crippen molar-refractivity contribution in [2.45, 2.75) is 27.2 Å². The highest BCUT2D eigenvalue weighted by atomic mass is 16.5. The topological polar surface area (TPSA) is 47.3 Å². The highest BCUT2D eigenvalue weighted by Gasteiger charge is 2.36. The summed E-state index contributed by atoms with van der Waals surface area (Å²) in [7, 11) is 0. The van der Waals surface area contributed by atoms with E-state index in [1.165, 1.54) is 22.3 Å². The van der Waals surface area contributed by atoms with Gasteiger partial charge in [0.1, 0.15) is 0 Å². The van der Waals surface area contributed by atoms with Crippen LogP contribution >= 0.6 is 0 Å². The third-order valence-electron chi connectivity index (χ3n) is 4.14. The minimum absolute atomic E-state index is 0.192. The van der Waals surface area contributed by atoms with Crippen molar-refractivity contribution in [2.75, 3.05) is 32.8 Å². The molecule has 0 spiro atoms.